The summed E-state index contributed by atoms with van der Waals surface area (Å²) in [5.74, 6) is -0.0989. The Kier molecular flexibility index (Phi) is 6.09. The van der Waals surface area contributed by atoms with Crippen LogP contribution in [0.25, 0.3) is 0 Å². The molecular formula is C21H23ClN2O4. The summed E-state index contributed by atoms with van der Waals surface area (Å²) < 4.78 is 10.2. The Labute approximate surface area is 169 Å². The van der Waals surface area contributed by atoms with Gasteiger partial charge in [0.05, 0.1) is 26.2 Å². The largest absolute Gasteiger partial charge is 0.496 e. The third kappa shape index (κ3) is 4.07. The molecule has 1 aliphatic heterocycles. The lowest BCUT2D eigenvalue weighted by Gasteiger charge is -2.25. The van der Waals surface area contributed by atoms with Gasteiger partial charge in [0.15, 0.2) is 0 Å². The quantitative estimate of drug-likeness (QED) is 0.617. The fourth-order valence-corrected chi connectivity index (χ4v) is 3.79. The van der Waals surface area contributed by atoms with Crippen molar-refractivity contribution in [3.05, 3.63) is 52.5 Å². The number of carbonyl (C=O) groups is 2. The van der Waals surface area contributed by atoms with Crippen LogP contribution in [0.1, 0.15) is 41.1 Å². The number of amides is 1. The number of halogens is 1. The minimum atomic E-state index is -0.282. The van der Waals surface area contributed by atoms with Crippen molar-refractivity contribution in [1.29, 1.82) is 0 Å². The van der Waals surface area contributed by atoms with Crippen molar-refractivity contribution in [2.75, 3.05) is 31.4 Å². The van der Waals surface area contributed by atoms with Crippen molar-refractivity contribution in [2.45, 2.75) is 25.2 Å². The Morgan fingerprint density at radius 1 is 1.21 bits per heavy atom. The molecule has 2 aromatic rings. The van der Waals surface area contributed by atoms with E-state index in [1.807, 2.05) is 12.1 Å². The van der Waals surface area contributed by atoms with Crippen molar-refractivity contribution >= 4 is 34.9 Å². The third-order valence-electron chi connectivity index (χ3n) is 5.00. The zero-order valence-corrected chi connectivity index (χ0v) is 16.7. The number of hydrogen-bond donors (Lipinski definition) is 1. The van der Waals surface area contributed by atoms with Crippen LogP contribution in [-0.2, 0) is 9.53 Å². The van der Waals surface area contributed by atoms with E-state index in [1.165, 1.54) is 14.2 Å². The maximum Gasteiger partial charge on any atom is 0.306 e. The second-order valence-corrected chi connectivity index (χ2v) is 7.18. The minimum Gasteiger partial charge on any atom is -0.496 e. The van der Waals surface area contributed by atoms with Crippen molar-refractivity contribution < 1.29 is 19.1 Å². The average molecular weight is 403 g/mol. The first-order valence-corrected chi connectivity index (χ1v) is 9.44. The van der Waals surface area contributed by atoms with Crippen molar-refractivity contribution in [2.24, 2.45) is 0 Å². The van der Waals surface area contributed by atoms with Crippen LogP contribution in [0.5, 0.6) is 5.75 Å². The molecule has 148 valence electrons. The van der Waals surface area contributed by atoms with E-state index in [4.69, 9.17) is 26.8 Å². The Morgan fingerprint density at radius 2 is 2.00 bits per heavy atom. The van der Waals surface area contributed by atoms with Gasteiger partial charge in [-0.2, -0.15) is 0 Å². The zero-order chi connectivity index (χ0) is 20.3. The van der Waals surface area contributed by atoms with E-state index < -0.39 is 0 Å². The van der Waals surface area contributed by atoms with E-state index in [0.717, 1.165) is 24.1 Å². The van der Waals surface area contributed by atoms with E-state index in [9.17, 15) is 9.59 Å². The molecule has 0 fully saturated rings. The molecule has 1 aliphatic rings. The van der Waals surface area contributed by atoms with Crippen LogP contribution < -0.4 is 15.4 Å². The Morgan fingerprint density at radius 3 is 2.71 bits per heavy atom. The number of nitrogen functional groups attached to an aromatic ring is 1. The van der Waals surface area contributed by atoms with Crippen LogP contribution in [-0.4, -0.2) is 32.6 Å². The third-order valence-corrected chi connectivity index (χ3v) is 5.23. The molecule has 1 amide bonds. The standard InChI is InChI=1S/C21H23ClN2O4/c1-27-19-12-15(23)6-7-16(19)21(26)24-9-3-4-13(10-20(25)28-2)17-11-14(22)5-8-18(17)24/h5-8,11-13H,3-4,9-10,23H2,1-2H3. The molecule has 0 radical (unpaired) electrons. The number of methoxy groups -OCH3 is 2. The van der Waals surface area contributed by atoms with Gasteiger partial charge in [0, 0.05) is 29.0 Å². The fourth-order valence-electron chi connectivity index (χ4n) is 3.61. The molecule has 1 heterocycles. The van der Waals surface area contributed by atoms with Gasteiger partial charge < -0.3 is 20.1 Å². The molecule has 0 spiro atoms. The molecule has 6 nitrogen and oxygen atoms in total. The number of anilines is 2. The number of nitrogens with zero attached hydrogens (tertiary/aromatic N) is 1. The summed E-state index contributed by atoms with van der Waals surface area (Å²) in [6.07, 6.45) is 1.75. The second-order valence-electron chi connectivity index (χ2n) is 6.74. The Balaban J connectivity index is 2.03. The van der Waals surface area contributed by atoms with E-state index in [2.05, 4.69) is 0 Å². The molecule has 1 unspecified atom stereocenters. The van der Waals surface area contributed by atoms with Crippen molar-refractivity contribution in [1.82, 2.24) is 0 Å². The topological polar surface area (TPSA) is 81.9 Å². The van der Waals surface area contributed by atoms with Gasteiger partial charge in [-0.3, -0.25) is 9.59 Å². The van der Waals surface area contributed by atoms with E-state index in [-0.39, 0.29) is 24.2 Å². The summed E-state index contributed by atoms with van der Waals surface area (Å²) in [6.45, 7) is 0.526. The smallest absolute Gasteiger partial charge is 0.306 e. The van der Waals surface area contributed by atoms with E-state index >= 15 is 0 Å². The van der Waals surface area contributed by atoms with Crippen LogP contribution in [0, 0.1) is 0 Å². The van der Waals surface area contributed by atoms with Crippen molar-refractivity contribution in [3.8, 4) is 5.75 Å². The van der Waals surface area contributed by atoms with Gasteiger partial charge in [0.25, 0.3) is 5.91 Å². The van der Waals surface area contributed by atoms with Crippen LogP contribution in [0.2, 0.25) is 5.02 Å². The first-order valence-electron chi connectivity index (χ1n) is 9.06. The first-order chi connectivity index (χ1) is 13.4. The molecule has 28 heavy (non-hydrogen) atoms. The second kappa shape index (κ2) is 8.52. The number of hydrogen-bond acceptors (Lipinski definition) is 5. The highest BCUT2D eigenvalue weighted by Crippen LogP contribution is 2.39. The average Bonchev–Trinajstić information content (AvgIpc) is 2.86. The monoisotopic (exact) mass is 402 g/mol. The lowest BCUT2D eigenvalue weighted by atomic mass is 9.91. The predicted molar refractivity (Wildman–Crippen MR) is 109 cm³/mol. The molecule has 1 atom stereocenters. The molecule has 0 saturated heterocycles. The highest BCUT2D eigenvalue weighted by molar-refractivity contribution is 6.30. The molecular weight excluding hydrogens is 380 g/mol. The Hall–Kier alpha value is -2.73. The van der Waals surface area contributed by atoms with Gasteiger partial charge >= 0.3 is 5.97 Å². The van der Waals surface area contributed by atoms with Crippen LogP contribution in [0.15, 0.2) is 36.4 Å². The fraction of sp³-hybridized carbons (Fsp3) is 0.333. The molecule has 0 bridgehead atoms. The highest BCUT2D eigenvalue weighted by atomic mass is 35.5. The maximum absolute atomic E-state index is 13.4. The molecule has 0 saturated carbocycles. The van der Waals surface area contributed by atoms with E-state index in [1.54, 1.807) is 29.2 Å². The van der Waals surface area contributed by atoms with Gasteiger partial charge in [-0.1, -0.05) is 11.6 Å². The normalized spacial score (nSPS) is 16.1. The zero-order valence-electron chi connectivity index (χ0n) is 15.9. The number of rotatable bonds is 4. The summed E-state index contributed by atoms with van der Waals surface area (Å²) in [5.41, 5.74) is 8.39. The minimum absolute atomic E-state index is 0.0627. The van der Waals surface area contributed by atoms with Crippen molar-refractivity contribution in [3.63, 3.8) is 0 Å². The van der Waals surface area contributed by atoms with Gasteiger partial charge in [-0.05, 0) is 54.7 Å². The lowest BCUT2D eigenvalue weighted by molar-refractivity contribution is -0.141. The summed E-state index contributed by atoms with van der Waals surface area (Å²) >= 11 is 6.22. The number of nitrogens with two attached hydrogens (primary N) is 1. The predicted octanol–water partition coefficient (Wildman–Crippen LogP) is 4.02. The summed E-state index contributed by atoms with van der Waals surface area (Å²) in [4.78, 5) is 27.0. The molecule has 2 aromatic carbocycles. The molecule has 3 rings (SSSR count). The SMILES string of the molecule is COC(=O)CC1CCCN(C(=O)c2ccc(N)cc2OC)c2ccc(Cl)cc21. The first kappa shape index (κ1) is 20.0. The molecule has 0 aromatic heterocycles. The van der Waals surface area contributed by atoms with Crippen LogP contribution in [0.4, 0.5) is 11.4 Å². The number of fused-ring (bicyclic) bond motifs is 1. The highest BCUT2D eigenvalue weighted by Gasteiger charge is 2.30. The van der Waals surface area contributed by atoms with Crippen LogP contribution >= 0.6 is 11.6 Å². The number of esters is 1. The van der Waals surface area contributed by atoms with Gasteiger partial charge in [-0.15, -0.1) is 0 Å². The number of benzene rings is 2. The van der Waals surface area contributed by atoms with Gasteiger partial charge in [0.1, 0.15) is 5.75 Å². The maximum atomic E-state index is 13.4. The summed E-state index contributed by atoms with van der Waals surface area (Å²) in [5, 5.41) is 0.563. The number of ether oxygens (including phenoxy) is 2. The Bertz CT molecular complexity index is 900. The van der Waals surface area contributed by atoms with Gasteiger partial charge in [0.2, 0.25) is 0 Å². The molecule has 2 N–H and O–H groups in total. The summed E-state index contributed by atoms with van der Waals surface area (Å²) in [7, 11) is 2.88. The molecule has 0 aliphatic carbocycles. The number of carbonyl (C=O) groups excluding carboxylic acids is 2. The molecule has 7 heteroatoms. The van der Waals surface area contributed by atoms with Gasteiger partial charge in [-0.25, -0.2) is 0 Å². The summed E-state index contributed by atoms with van der Waals surface area (Å²) in [6, 6.07) is 10.4. The van der Waals surface area contributed by atoms with E-state index in [0.29, 0.717) is 28.6 Å². The lowest BCUT2D eigenvalue weighted by Crippen LogP contribution is -2.32. The van der Waals surface area contributed by atoms with Crippen LogP contribution in [0.3, 0.4) is 0 Å².